The van der Waals surface area contributed by atoms with Gasteiger partial charge in [0.25, 0.3) is 0 Å². The van der Waals surface area contributed by atoms with E-state index in [0.717, 1.165) is 6.42 Å². The van der Waals surface area contributed by atoms with Gasteiger partial charge in [-0.1, -0.05) is 6.92 Å². The molecule has 0 aliphatic carbocycles. The number of nitrogens with two attached hydrogens (primary N) is 1. The molecule has 0 spiro atoms. The summed E-state index contributed by atoms with van der Waals surface area (Å²) in [5.74, 6) is -0.201. The highest BCUT2D eigenvalue weighted by Gasteiger charge is 2.20. The molecule has 0 aromatic rings. The van der Waals surface area contributed by atoms with E-state index in [1.54, 1.807) is 0 Å². The summed E-state index contributed by atoms with van der Waals surface area (Å²) in [7, 11) is 0. The number of rotatable bonds is 6. The minimum absolute atomic E-state index is 0.0404. The van der Waals surface area contributed by atoms with Gasteiger partial charge in [-0.25, -0.2) is 0 Å². The molecule has 5 heteroatoms. The maximum Gasteiger partial charge on any atom is 0.221 e. The van der Waals surface area contributed by atoms with Crippen molar-refractivity contribution in [2.75, 3.05) is 13.2 Å². The Morgan fingerprint density at radius 3 is 2.64 bits per heavy atom. The summed E-state index contributed by atoms with van der Waals surface area (Å²) >= 11 is 0. The van der Waals surface area contributed by atoms with Crippen LogP contribution in [0, 0.1) is 0 Å². The lowest BCUT2D eigenvalue weighted by Crippen LogP contribution is -2.44. The first-order valence-electron chi connectivity index (χ1n) is 4.77. The molecule has 2 unspecified atom stereocenters. The predicted molar refractivity (Wildman–Crippen MR) is 53.6 cm³/mol. The van der Waals surface area contributed by atoms with Crippen molar-refractivity contribution >= 4 is 5.91 Å². The second kappa shape index (κ2) is 5.95. The number of amides is 1. The van der Waals surface area contributed by atoms with Gasteiger partial charge < -0.3 is 21.3 Å². The topological polar surface area (TPSA) is 95.6 Å². The van der Waals surface area contributed by atoms with Crippen molar-refractivity contribution in [3.05, 3.63) is 0 Å². The molecule has 0 fully saturated rings. The second-order valence-corrected chi connectivity index (χ2v) is 3.80. The molecule has 0 aliphatic heterocycles. The Balaban J connectivity index is 3.74. The van der Waals surface area contributed by atoms with Gasteiger partial charge in [0.1, 0.15) is 5.60 Å². The Labute approximate surface area is 84.3 Å². The van der Waals surface area contributed by atoms with Crippen molar-refractivity contribution in [3.8, 4) is 0 Å². The molecule has 0 saturated carbocycles. The molecule has 0 bridgehead atoms. The van der Waals surface area contributed by atoms with Crippen LogP contribution in [0.1, 0.15) is 26.7 Å². The third kappa shape index (κ3) is 5.90. The first-order chi connectivity index (χ1) is 6.41. The molecule has 84 valence electrons. The summed E-state index contributed by atoms with van der Waals surface area (Å²) in [5.41, 5.74) is 4.32. The van der Waals surface area contributed by atoms with Gasteiger partial charge in [0.05, 0.1) is 6.61 Å². The van der Waals surface area contributed by atoms with Gasteiger partial charge in [-0.05, 0) is 13.3 Å². The average Bonchev–Trinajstić information content (AvgIpc) is 2.15. The third-order valence-corrected chi connectivity index (χ3v) is 1.98. The zero-order valence-corrected chi connectivity index (χ0v) is 8.79. The Kier molecular flexibility index (Phi) is 5.68. The maximum atomic E-state index is 11.2. The Morgan fingerprint density at radius 1 is 1.64 bits per heavy atom. The summed E-state index contributed by atoms with van der Waals surface area (Å²) in [6.07, 6.45) is 0.988. The quantitative estimate of drug-likeness (QED) is 0.445. The number of hydrogen-bond acceptors (Lipinski definition) is 4. The van der Waals surface area contributed by atoms with Gasteiger partial charge in [0.15, 0.2) is 0 Å². The molecule has 0 radical (unpaired) electrons. The predicted octanol–water partition coefficient (Wildman–Crippen LogP) is -1.03. The van der Waals surface area contributed by atoms with E-state index in [1.165, 1.54) is 6.92 Å². The molecule has 14 heavy (non-hydrogen) atoms. The minimum Gasteiger partial charge on any atom is -0.393 e. The normalized spacial score (nSPS) is 17.2. The van der Waals surface area contributed by atoms with E-state index in [-0.39, 0.29) is 31.5 Å². The van der Waals surface area contributed by atoms with Crippen LogP contribution in [0.25, 0.3) is 0 Å². The molecule has 2 atom stereocenters. The van der Waals surface area contributed by atoms with Crippen molar-refractivity contribution in [2.45, 2.75) is 38.3 Å². The van der Waals surface area contributed by atoms with Gasteiger partial charge in [0, 0.05) is 19.0 Å². The number of hydrogen-bond donors (Lipinski definition) is 4. The summed E-state index contributed by atoms with van der Waals surface area (Å²) in [6, 6.07) is -0.144. The zero-order valence-electron chi connectivity index (χ0n) is 8.79. The third-order valence-electron chi connectivity index (χ3n) is 1.98. The van der Waals surface area contributed by atoms with Crippen molar-refractivity contribution in [1.82, 2.24) is 5.32 Å². The maximum absolute atomic E-state index is 11.2. The van der Waals surface area contributed by atoms with Crippen molar-refractivity contribution < 1.29 is 15.0 Å². The molecule has 0 saturated heterocycles. The zero-order chi connectivity index (χ0) is 11.2. The fourth-order valence-corrected chi connectivity index (χ4v) is 0.800. The van der Waals surface area contributed by atoms with Gasteiger partial charge >= 0.3 is 0 Å². The molecule has 1 amide bonds. The van der Waals surface area contributed by atoms with E-state index in [0.29, 0.717) is 0 Å². The highest BCUT2D eigenvalue weighted by molar-refractivity contribution is 5.76. The van der Waals surface area contributed by atoms with Crippen LogP contribution in [0.2, 0.25) is 0 Å². The first kappa shape index (κ1) is 13.4. The summed E-state index contributed by atoms with van der Waals surface area (Å²) in [6.45, 7) is 3.01. The van der Waals surface area contributed by atoms with Crippen molar-refractivity contribution in [1.29, 1.82) is 0 Å². The van der Waals surface area contributed by atoms with E-state index in [4.69, 9.17) is 10.8 Å². The van der Waals surface area contributed by atoms with Crippen LogP contribution in [0.4, 0.5) is 0 Å². The largest absolute Gasteiger partial charge is 0.393 e. The van der Waals surface area contributed by atoms with Crippen LogP contribution < -0.4 is 11.1 Å². The number of aliphatic hydroxyl groups is 2. The molecule has 0 rings (SSSR count). The Morgan fingerprint density at radius 2 is 2.21 bits per heavy atom. The van der Waals surface area contributed by atoms with Gasteiger partial charge in [-0.15, -0.1) is 0 Å². The van der Waals surface area contributed by atoms with Crippen LogP contribution in [0.15, 0.2) is 0 Å². The van der Waals surface area contributed by atoms with Crippen LogP contribution in [-0.2, 0) is 4.79 Å². The first-order valence-corrected chi connectivity index (χ1v) is 4.77. The fraction of sp³-hybridized carbons (Fsp3) is 0.889. The Bertz CT molecular complexity index is 183. The fourth-order valence-electron chi connectivity index (χ4n) is 0.800. The summed E-state index contributed by atoms with van der Waals surface area (Å²) in [5, 5.41) is 20.6. The lowest BCUT2D eigenvalue weighted by atomic mass is 10.1. The van der Waals surface area contributed by atoms with Gasteiger partial charge in [-0.2, -0.15) is 0 Å². The van der Waals surface area contributed by atoms with Crippen LogP contribution in [0.3, 0.4) is 0 Å². The van der Waals surface area contributed by atoms with E-state index < -0.39 is 5.60 Å². The molecule has 0 aliphatic rings. The summed E-state index contributed by atoms with van der Waals surface area (Å²) in [4.78, 5) is 11.2. The SMILES string of the molecule is CCC(N)CC(=O)NCC(C)(O)CO. The lowest BCUT2D eigenvalue weighted by molar-refractivity contribution is -0.122. The Hall–Kier alpha value is -0.650. The van der Waals surface area contributed by atoms with E-state index in [2.05, 4.69) is 5.32 Å². The summed E-state index contributed by atoms with van der Waals surface area (Å²) < 4.78 is 0. The van der Waals surface area contributed by atoms with Crippen LogP contribution in [-0.4, -0.2) is 40.9 Å². The standard InChI is InChI=1S/C9H20N2O3/c1-3-7(10)4-8(13)11-5-9(2,14)6-12/h7,12,14H,3-6,10H2,1-2H3,(H,11,13). The van der Waals surface area contributed by atoms with E-state index in [1.807, 2.05) is 6.92 Å². The average molecular weight is 204 g/mol. The van der Waals surface area contributed by atoms with E-state index >= 15 is 0 Å². The highest BCUT2D eigenvalue weighted by Crippen LogP contribution is 1.99. The minimum atomic E-state index is -1.26. The van der Waals surface area contributed by atoms with Crippen molar-refractivity contribution in [3.63, 3.8) is 0 Å². The monoisotopic (exact) mass is 204 g/mol. The molecular formula is C9H20N2O3. The lowest BCUT2D eigenvalue weighted by Gasteiger charge is -2.21. The second-order valence-electron chi connectivity index (χ2n) is 3.80. The number of carbonyl (C=O) groups excluding carboxylic acids is 1. The van der Waals surface area contributed by atoms with Gasteiger partial charge in [0.2, 0.25) is 5.91 Å². The molecule has 0 aromatic heterocycles. The molecular weight excluding hydrogens is 184 g/mol. The van der Waals surface area contributed by atoms with Gasteiger partial charge in [-0.3, -0.25) is 4.79 Å². The highest BCUT2D eigenvalue weighted by atomic mass is 16.3. The van der Waals surface area contributed by atoms with E-state index in [9.17, 15) is 9.90 Å². The smallest absolute Gasteiger partial charge is 0.221 e. The van der Waals surface area contributed by atoms with Crippen molar-refractivity contribution in [2.24, 2.45) is 5.73 Å². The number of carbonyl (C=O) groups is 1. The molecule has 0 aromatic carbocycles. The number of nitrogens with one attached hydrogen (secondary N) is 1. The van der Waals surface area contributed by atoms with Crippen LogP contribution >= 0.6 is 0 Å². The number of aliphatic hydroxyl groups excluding tert-OH is 1. The molecule has 5 nitrogen and oxygen atoms in total. The van der Waals surface area contributed by atoms with Crippen LogP contribution in [0.5, 0.6) is 0 Å². The molecule has 5 N–H and O–H groups in total. The molecule has 0 heterocycles.